The average Bonchev–Trinajstić information content (AvgIpc) is 2.95. The van der Waals surface area contributed by atoms with Gasteiger partial charge in [-0.3, -0.25) is 0 Å². The zero-order valence-corrected chi connectivity index (χ0v) is 20.3. The van der Waals surface area contributed by atoms with Crippen LogP contribution in [0.15, 0.2) is 127 Å². The van der Waals surface area contributed by atoms with Crippen molar-refractivity contribution in [3.63, 3.8) is 0 Å². The minimum absolute atomic E-state index is 1.02. The Bertz CT molecular complexity index is 1870. The molecule has 0 fully saturated rings. The molecule has 0 aliphatic carbocycles. The fraction of sp³-hybridized carbons (Fsp3) is 0.0556. The summed E-state index contributed by atoms with van der Waals surface area (Å²) in [5.74, 6) is 0. The van der Waals surface area contributed by atoms with Crippen molar-refractivity contribution in [1.82, 2.24) is 0 Å². The molecule has 0 saturated carbocycles. The van der Waals surface area contributed by atoms with E-state index in [1.54, 1.807) is 0 Å². The Morgan fingerprint density at radius 1 is 0.417 bits per heavy atom. The van der Waals surface area contributed by atoms with Crippen molar-refractivity contribution in [3.8, 4) is 22.3 Å². The van der Waals surface area contributed by atoms with Crippen LogP contribution < -0.4 is 0 Å². The Hall–Kier alpha value is -4.42. The molecule has 0 saturated heterocycles. The van der Waals surface area contributed by atoms with E-state index in [-0.39, 0.29) is 0 Å². The number of benzene rings is 7. The highest BCUT2D eigenvalue weighted by Crippen LogP contribution is 2.43. The highest BCUT2D eigenvalue weighted by atomic mass is 14.2. The van der Waals surface area contributed by atoms with E-state index in [9.17, 15) is 0 Å². The Morgan fingerprint density at radius 2 is 0.917 bits per heavy atom. The predicted molar refractivity (Wildman–Crippen MR) is 157 cm³/mol. The van der Waals surface area contributed by atoms with Gasteiger partial charge in [0, 0.05) is 0 Å². The van der Waals surface area contributed by atoms with Crippen molar-refractivity contribution in [1.29, 1.82) is 0 Å². The van der Waals surface area contributed by atoms with Gasteiger partial charge in [0.15, 0.2) is 0 Å². The lowest BCUT2D eigenvalue weighted by atomic mass is 9.84. The van der Waals surface area contributed by atoms with Gasteiger partial charge < -0.3 is 0 Å². The summed E-state index contributed by atoms with van der Waals surface area (Å²) >= 11 is 0. The van der Waals surface area contributed by atoms with Crippen molar-refractivity contribution < 1.29 is 0 Å². The molecule has 0 aliphatic rings. The SMILES string of the molecule is CCc1c2ccccc2c(-c2ccc(-c3ccc4ccccc4c3)c3ccccc23)c2ccccc12. The second kappa shape index (κ2) is 8.36. The third kappa shape index (κ3) is 3.15. The monoisotopic (exact) mass is 458 g/mol. The van der Waals surface area contributed by atoms with Gasteiger partial charge in [0.25, 0.3) is 0 Å². The van der Waals surface area contributed by atoms with Crippen LogP contribution in [0.3, 0.4) is 0 Å². The number of aryl methyl sites for hydroxylation is 1. The van der Waals surface area contributed by atoms with Crippen LogP contribution in [-0.2, 0) is 6.42 Å². The average molecular weight is 459 g/mol. The van der Waals surface area contributed by atoms with Gasteiger partial charge in [-0.25, -0.2) is 0 Å². The molecule has 0 nitrogen and oxygen atoms in total. The lowest BCUT2D eigenvalue weighted by Crippen LogP contribution is -1.93. The van der Waals surface area contributed by atoms with E-state index in [2.05, 4.69) is 134 Å². The Kier molecular flexibility index (Phi) is 4.85. The third-order valence-corrected chi connectivity index (χ3v) is 7.65. The fourth-order valence-electron chi connectivity index (χ4n) is 6.02. The molecule has 0 amide bonds. The normalized spacial score (nSPS) is 11.6. The van der Waals surface area contributed by atoms with Crippen LogP contribution in [-0.4, -0.2) is 0 Å². The summed E-state index contributed by atoms with van der Waals surface area (Å²) in [5, 5.41) is 10.5. The summed E-state index contributed by atoms with van der Waals surface area (Å²) in [4.78, 5) is 0. The maximum atomic E-state index is 2.34. The predicted octanol–water partition coefficient (Wildman–Crippen LogP) is 10.2. The first-order valence-corrected chi connectivity index (χ1v) is 12.8. The standard InChI is InChI=1S/C36H26/c1-2-27-29-13-7-9-17-33(29)36(34-18-10-8-14-30(27)34)35-22-21-28(31-15-5-6-16-32(31)35)26-20-19-24-11-3-4-12-25(24)23-26/h3-23H,2H2,1H3. The van der Waals surface area contributed by atoms with E-state index in [1.165, 1.54) is 70.9 Å². The molecule has 0 radical (unpaired) electrons. The third-order valence-electron chi connectivity index (χ3n) is 7.65. The van der Waals surface area contributed by atoms with E-state index in [4.69, 9.17) is 0 Å². The number of hydrogen-bond donors (Lipinski definition) is 0. The summed E-state index contributed by atoms with van der Waals surface area (Å²) < 4.78 is 0. The van der Waals surface area contributed by atoms with Gasteiger partial charge >= 0.3 is 0 Å². The molecule has 36 heavy (non-hydrogen) atoms. The van der Waals surface area contributed by atoms with Crippen LogP contribution in [0.1, 0.15) is 12.5 Å². The first-order valence-electron chi connectivity index (χ1n) is 12.8. The van der Waals surface area contributed by atoms with E-state index in [0.29, 0.717) is 0 Å². The van der Waals surface area contributed by atoms with Gasteiger partial charge in [-0.05, 0) is 83.4 Å². The maximum absolute atomic E-state index is 2.34. The lowest BCUT2D eigenvalue weighted by Gasteiger charge is -2.19. The number of rotatable bonds is 3. The zero-order valence-electron chi connectivity index (χ0n) is 20.3. The van der Waals surface area contributed by atoms with Crippen molar-refractivity contribution in [2.45, 2.75) is 13.3 Å². The van der Waals surface area contributed by atoms with Crippen LogP contribution in [0.2, 0.25) is 0 Å². The highest BCUT2D eigenvalue weighted by molar-refractivity contribution is 6.19. The van der Waals surface area contributed by atoms with Crippen molar-refractivity contribution in [3.05, 3.63) is 133 Å². The molecule has 0 aromatic heterocycles. The van der Waals surface area contributed by atoms with Crippen LogP contribution in [0, 0.1) is 0 Å². The minimum atomic E-state index is 1.02. The fourth-order valence-corrected chi connectivity index (χ4v) is 6.02. The minimum Gasteiger partial charge on any atom is -0.0616 e. The first-order chi connectivity index (χ1) is 17.8. The van der Waals surface area contributed by atoms with Crippen LogP contribution in [0.4, 0.5) is 0 Å². The van der Waals surface area contributed by atoms with Gasteiger partial charge in [-0.1, -0.05) is 128 Å². The van der Waals surface area contributed by atoms with E-state index >= 15 is 0 Å². The molecule has 0 aliphatic heterocycles. The van der Waals surface area contributed by atoms with Gasteiger partial charge in [0.05, 0.1) is 0 Å². The molecule has 0 spiro atoms. The highest BCUT2D eigenvalue weighted by Gasteiger charge is 2.17. The number of fused-ring (bicyclic) bond motifs is 4. The summed E-state index contributed by atoms with van der Waals surface area (Å²) in [5.41, 5.74) is 6.60. The molecule has 7 rings (SSSR count). The summed E-state index contributed by atoms with van der Waals surface area (Å²) in [6.45, 7) is 2.27. The molecule has 0 N–H and O–H groups in total. The molecular formula is C36H26. The summed E-state index contributed by atoms with van der Waals surface area (Å²) in [6, 6.07) is 46.8. The molecule has 0 unspecified atom stereocenters. The van der Waals surface area contributed by atoms with Gasteiger partial charge in [-0.15, -0.1) is 0 Å². The quantitative estimate of drug-likeness (QED) is 0.231. The molecule has 7 aromatic carbocycles. The van der Waals surface area contributed by atoms with Crippen LogP contribution in [0.5, 0.6) is 0 Å². The van der Waals surface area contributed by atoms with Crippen LogP contribution in [0.25, 0.3) is 65.3 Å². The van der Waals surface area contributed by atoms with Gasteiger partial charge in [0.1, 0.15) is 0 Å². The molecular weight excluding hydrogens is 432 g/mol. The topological polar surface area (TPSA) is 0 Å². The lowest BCUT2D eigenvalue weighted by molar-refractivity contribution is 1.18. The smallest absolute Gasteiger partial charge is 0.00204 e. The first kappa shape index (κ1) is 20.9. The van der Waals surface area contributed by atoms with Crippen LogP contribution >= 0.6 is 0 Å². The molecule has 170 valence electrons. The molecule has 0 atom stereocenters. The van der Waals surface area contributed by atoms with Gasteiger partial charge in [0.2, 0.25) is 0 Å². The number of hydrogen-bond acceptors (Lipinski definition) is 0. The molecule has 0 bridgehead atoms. The molecule has 0 heteroatoms. The van der Waals surface area contributed by atoms with Crippen molar-refractivity contribution >= 4 is 43.1 Å². The van der Waals surface area contributed by atoms with E-state index in [0.717, 1.165) is 6.42 Å². The Balaban J connectivity index is 1.57. The second-order valence-corrected chi connectivity index (χ2v) is 9.57. The summed E-state index contributed by atoms with van der Waals surface area (Å²) in [7, 11) is 0. The Morgan fingerprint density at radius 3 is 1.56 bits per heavy atom. The van der Waals surface area contributed by atoms with Crippen molar-refractivity contribution in [2.24, 2.45) is 0 Å². The molecule has 7 aromatic rings. The zero-order chi connectivity index (χ0) is 24.1. The second-order valence-electron chi connectivity index (χ2n) is 9.57. The summed E-state index contributed by atoms with van der Waals surface area (Å²) in [6.07, 6.45) is 1.02. The maximum Gasteiger partial charge on any atom is -0.00204 e. The van der Waals surface area contributed by atoms with Gasteiger partial charge in [-0.2, -0.15) is 0 Å². The Labute approximate surface area is 211 Å². The van der Waals surface area contributed by atoms with E-state index in [1.807, 2.05) is 0 Å². The molecule has 0 heterocycles. The largest absolute Gasteiger partial charge is 0.0616 e. The van der Waals surface area contributed by atoms with Crippen molar-refractivity contribution in [2.75, 3.05) is 0 Å². The van der Waals surface area contributed by atoms with E-state index < -0.39 is 0 Å².